The van der Waals surface area contributed by atoms with Crippen LogP contribution in [0.3, 0.4) is 0 Å². The molecule has 2 aliphatic heterocycles. The van der Waals surface area contributed by atoms with Crippen molar-refractivity contribution in [1.29, 1.82) is 0 Å². The summed E-state index contributed by atoms with van der Waals surface area (Å²) in [5.41, 5.74) is 1.18. The van der Waals surface area contributed by atoms with Crippen LogP contribution >= 0.6 is 0 Å². The molecule has 1 aromatic carbocycles. The van der Waals surface area contributed by atoms with Crippen molar-refractivity contribution in [2.75, 3.05) is 56.2 Å². The van der Waals surface area contributed by atoms with Gasteiger partial charge in [0.15, 0.2) is 16.4 Å². The topological polar surface area (TPSA) is 71.4 Å². The number of nitrogens with zero attached hydrogens (tertiary/aromatic N) is 2. The highest BCUT2D eigenvalue weighted by atomic mass is 32.2. The quantitative estimate of drug-likeness (QED) is 0.692. The van der Waals surface area contributed by atoms with Gasteiger partial charge in [-0.25, -0.2) is 8.42 Å². The van der Waals surface area contributed by atoms with Gasteiger partial charge in [-0.05, 0) is 43.5 Å². The summed E-state index contributed by atoms with van der Waals surface area (Å²) in [6.07, 6.45) is 2.64. The first-order valence-corrected chi connectivity index (χ1v) is 12.0. The van der Waals surface area contributed by atoms with Crippen LogP contribution in [0.25, 0.3) is 0 Å². The zero-order valence-electron chi connectivity index (χ0n) is 16.5. The smallest absolute Gasteiger partial charge is 0.278 e. The lowest BCUT2D eigenvalue weighted by Crippen LogP contribution is -3.16. The molecule has 1 aliphatic carbocycles. The van der Waals surface area contributed by atoms with Crippen molar-refractivity contribution in [1.82, 2.24) is 4.90 Å². The van der Waals surface area contributed by atoms with Crippen LogP contribution in [0.1, 0.15) is 19.3 Å². The van der Waals surface area contributed by atoms with Crippen LogP contribution in [-0.2, 0) is 14.6 Å². The Morgan fingerprint density at radius 2 is 1.82 bits per heavy atom. The number of ether oxygens (including phenoxy) is 1. The number of rotatable bonds is 6. The molecule has 3 aliphatic rings. The van der Waals surface area contributed by atoms with Gasteiger partial charge in [0.2, 0.25) is 0 Å². The Bertz CT molecular complexity index is 799. The van der Waals surface area contributed by atoms with E-state index < -0.39 is 9.84 Å². The molecule has 0 unspecified atom stereocenters. The van der Waals surface area contributed by atoms with Crippen LogP contribution in [0.5, 0.6) is 5.75 Å². The summed E-state index contributed by atoms with van der Waals surface area (Å²) in [7, 11) is -1.31. The molecule has 7 nitrogen and oxygen atoms in total. The van der Waals surface area contributed by atoms with E-state index in [0.29, 0.717) is 13.0 Å². The third-order valence-electron chi connectivity index (χ3n) is 6.14. The molecule has 1 amide bonds. The first kappa shape index (κ1) is 19.5. The molecule has 28 heavy (non-hydrogen) atoms. The van der Waals surface area contributed by atoms with Gasteiger partial charge in [-0.15, -0.1) is 0 Å². The Kier molecular flexibility index (Phi) is 5.51. The number of carbonyl (C=O) groups excluding carboxylic acids is 1. The molecule has 0 bridgehead atoms. The molecule has 8 heteroatoms. The summed E-state index contributed by atoms with van der Waals surface area (Å²) in [4.78, 5) is 18.6. The monoisotopic (exact) mass is 408 g/mol. The number of methoxy groups -OCH3 is 1. The molecule has 3 fully saturated rings. The number of nitrogens with one attached hydrogen (secondary N) is 1. The third kappa shape index (κ3) is 4.43. The molecule has 1 aromatic rings. The molecule has 1 N–H and O–H groups in total. The van der Waals surface area contributed by atoms with Crippen molar-refractivity contribution in [3.63, 3.8) is 0 Å². The van der Waals surface area contributed by atoms with Crippen LogP contribution < -0.4 is 14.5 Å². The lowest BCUT2D eigenvalue weighted by Gasteiger charge is -2.35. The second-order valence-corrected chi connectivity index (χ2v) is 10.4. The fourth-order valence-electron chi connectivity index (χ4n) is 4.41. The van der Waals surface area contributed by atoms with E-state index >= 15 is 0 Å². The zero-order valence-corrected chi connectivity index (χ0v) is 17.3. The molecular weight excluding hydrogens is 378 g/mol. The van der Waals surface area contributed by atoms with Gasteiger partial charge >= 0.3 is 0 Å². The highest BCUT2D eigenvalue weighted by Crippen LogP contribution is 2.32. The predicted octanol–water partition coefficient (Wildman–Crippen LogP) is -0.422. The van der Waals surface area contributed by atoms with Crippen molar-refractivity contribution < 1.29 is 22.8 Å². The fraction of sp³-hybridized carbons (Fsp3) is 0.650. The third-order valence-corrected chi connectivity index (χ3v) is 7.89. The Labute approximate surface area is 167 Å². The lowest BCUT2D eigenvalue weighted by molar-refractivity contribution is -0.892. The minimum atomic E-state index is -2.97. The normalized spacial score (nSPS) is 24.9. The highest BCUT2D eigenvalue weighted by molar-refractivity contribution is 7.91. The number of sulfone groups is 1. The molecule has 154 valence electrons. The fourth-order valence-corrected chi connectivity index (χ4v) is 6.12. The van der Waals surface area contributed by atoms with E-state index in [1.54, 1.807) is 7.11 Å². The van der Waals surface area contributed by atoms with E-state index in [-0.39, 0.29) is 29.5 Å². The van der Waals surface area contributed by atoms with Gasteiger partial charge < -0.3 is 19.4 Å². The Hall–Kier alpha value is -1.80. The zero-order chi connectivity index (χ0) is 19.7. The molecule has 0 radical (unpaired) electrons. The standard InChI is InChI=1S/C20H29N3O4S/c1-27-19-6-4-16(5-7-19)22-11-9-21(10-12-22)14-20(24)23(17-2-3-17)18-8-13-28(25,26)15-18/h4-7,17-18H,2-3,8-15H2,1H3/p+1/t18-/m0/s1. The van der Waals surface area contributed by atoms with Crippen LogP contribution in [0, 0.1) is 0 Å². The van der Waals surface area contributed by atoms with E-state index in [0.717, 1.165) is 44.8 Å². The highest BCUT2D eigenvalue weighted by Gasteiger charge is 2.43. The molecule has 2 heterocycles. The van der Waals surface area contributed by atoms with E-state index in [4.69, 9.17) is 4.74 Å². The number of hydrogen-bond donors (Lipinski definition) is 1. The Morgan fingerprint density at radius 3 is 2.36 bits per heavy atom. The summed E-state index contributed by atoms with van der Waals surface area (Å²) < 4.78 is 28.9. The van der Waals surface area contributed by atoms with Crippen LogP contribution in [-0.4, -0.2) is 82.6 Å². The van der Waals surface area contributed by atoms with Crippen molar-refractivity contribution in [2.45, 2.75) is 31.3 Å². The maximum atomic E-state index is 13.0. The van der Waals surface area contributed by atoms with E-state index in [2.05, 4.69) is 17.0 Å². The van der Waals surface area contributed by atoms with Gasteiger partial charge in [0, 0.05) is 17.8 Å². The molecule has 2 saturated heterocycles. The lowest BCUT2D eigenvalue weighted by atomic mass is 10.2. The van der Waals surface area contributed by atoms with Crippen LogP contribution in [0.4, 0.5) is 5.69 Å². The number of carbonyl (C=O) groups is 1. The number of hydrogen-bond acceptors (Lipinski definition) is 5. The minimum Gasteiger partial charge on any atom is -0.497 e. The molecule has 4 rings (SSSR count). The van der Waals surface area contributed by atoms with Crippen LogP contribution in [0.2, 0.25) is 0 Å². The summed E-state index contributed by atoms with van der Waals surface area (Å²) >= 11 is 0. The summed E-state index contributed by atoms with van der Waals surface area (Å²) in [6.45, 7) is 4.13. The van der Waals surface area contributed by atoms with E-state index in [1.807, 2.05) is 17.0 Å². The van der Waals surface area contributed by atoms with Gasteiger partial charge in [0.1, 0.15) is 5.75 Å². The average Bonchev–Trinajstić information content (AvgIpc) is 3.45. The van der Waals surface area contributed by atoms with Crippen molar-refractivity contribution >= 4 is 21.4 Å². The van der Waals surface area contributed by atoms with Gasteiger partial charge in [-0.2, -0.15) is 0 Å². The van der Waals surface area contributed by atoms with Gasteiger partial charge in [-0.1, -0.05) is 0 Å². The maximum absolute atomic E-state index is 13.0. The molecule has 0 spiro atoms. The van der Waals surface area contributed by atoms with Gasteiger partial charge in [-0.3, -0.25) is 4.79 Å². The second-order valence-electron chi connectivity index (χ2n) is 8.20. The first-order valence-electron chi connectivity index (χ1n) is 10.2. The largest absolute Gasteiger partial charge is 0.497 e. The van der Waals surface area contributed by atoms with Gasteiger partial charge in [0.05, 0.1) is 44.8 Å². The molecule has 0 aromatic heterocycles. The molecule has 1 saturated carbocycles. The van der Waals surface area contributed by atoms with E-state index in [1.165, 1.54) is 10.6 Å². The number of quaternary nitrogens is 1. The SMILES string of the molecule is COc1ccc(N2CC[NH+](CC(=O)N(C3CC3)[C@H]3CCS(=O)(=O)C3)CC2)cc1. The minimum absolute atomic E-state index is 0.106. The second kappa shape index (κ2) is 7.91. The molecule has 1 atom stereocenters. The summed E-state index contributed by atoms with van der Waals surface area (Å²) in [5.74, 6) is 1.36. The maximum Gasteiger partial charge on any atom is 0.278 e. The van der Waals surface area contributed by atoms with Crippen LogP contribution in [0.15, 0.2) is 24.3 Å². The van der Waals surface area contributed by atoms with Crippen molar-refractivity contribution in [3.8, 4) is 5.75 Å². The Morgan fingerprint density at radius 1 is 1.14 bits per heavy atom. The van der Waals surface area contributed by atoms with E-state index in [9.17, 15) is 13.2 Å². The number of piperazine rings is 1. The summed E-state index contributed by atoms with van der Waals surface area (Å²) in [6, 6.07) is 8.26. The number of amides is 1. The average molecular weight is 409 g/mol. The Balaban J connectivity index is 1.31. The number of anilines is 1. The van der Waals surface area contributed by atoms with Crippen molar-refractivity contribution in [3.05, 3.63) is 24.3 Å². The predicted molar refractivity (Wildman–Crippen MR) is 108 cm³/mol. The van der Waals surface area contributed by atoms with Crippen molar-refractivity contribution in [2.24, 2.45) is 0 Å². The number of benzene rings is 1. The molecular formula is C20H30N3O4S+. The summed E-state index contributed by atoms with van der Waals surface area (Å²) in [5, 5.41) is 0. The first-order chi connectivity index (χ1) is 13.4. The van der Waals surface area contributed by atoms with Gasteiger partial charge in [0.25, 0.3) is 5.91 Å².